The zero-order valence-corrected chi connectivity index (χ0v) is 10.9. The zero-order valence-electron chi connectivity index (χ0n) is 10.9. The predicted molar refractivity (Wildman–Crippen MR) is 65.0 cm³/mol. The van der Waals surface area contributed by atoms with Crippen molar-refractivity contribution in [3.05, 3.63) is 0 Å². The van der Waals surface area contributed by atoms with Gasteiger partial charge in [-0.2, -0.15) is 0 Å². The molecule has 0 radical (unpaired) electrons. The van der Waals surface area contributed by atoms with Crippen LogP contribution in [0.15, 0.2) is 0 Å². The normalized spacial score (nSPS) is 11.0. The lowest BCUT2D eigenvalue weighted by atomic mass is 10.0. The van der Waals surface area contributed by atoms with Gasteiger partial charge in [0.05, 0.1) is 0 Å². The summed E-state index contributed by atoms with van der Waals surface area (Å²) < 4.78 is 0. The van der Waals surface area contributed by atoms with Crippen molar-refractivity contribution >= 4 is 11.8 Å². The van der Waals surface area contributed by atoms with Gasteiger partial charge in [0.25, 0.3) is 0 Å². The first kappa shape index (κ1) is 14.9. The summed E-state index contributed by atoms with van der Waals surface area (Å²) in [4.78, 5) is 22.6. The number of hydrogen-bond acceptors (Lipinski definition) is 2. The summed E-state index contributed by atoms with van der Waals surface area (Å²) in [6, 6.07) is 0. The molecule has 2 amide bonds. The molecular weight excluding hydrogens is 204 g/mol. The van der Waals surface area contributed by atoms with Crippen LogP contribution in [-0.4, -0.2) is 23.9 Å². The van der Waals surface area contributed by atoms with Gasteiger partial charge < -0.3 is 10.6 Å². The molecule has 0 unspecified atom stereocenters. The van der Waals surface area contributed by atoms with E-state index >= 15 is 0 Å². The van der Waals surface area contributed by atoms with Crippen LogP contribution in [0.25, 0.3) is 0 Å². The van der Waals surface area contributed by atoms with E-state index in [1.807, 2.05) is 0 Å². The fourth-order valence-electron chi connectivity index (χ4n) is 1.47. The first-order valence-corrected chi connectivity index (χ1v) is 5.97. The molecule has 0 aliphatic rings. The van der Waals surface area contributed by atoms with E-state index < -0.39 is 5.54 Å². The van der Waals surface area contributed by atoms with Gasteiger partial charge in [0, 0.05) is 13.5 Å². The number of rotatable bonds is 7. The molecule has 0 rings (SSSR count). The standard InChI is InChI=1S/C12H24N2O2/c1-5-6-7-8-9-13-11(16)12(3,4)14-10(2)15/h5-9H2,1-4H3,(H,13,16)(H,14,15). The van der Waals surface area contributed by atoms with Crippen molar-refractivity contribution in [2.24, 2.45) is 0 Å². The molecule has 4 heteroatoms. The first-order chi connectivity index (χ1) is 7.40. The number of nitrogens with one attached hydrogen (secondary N) is 2. The Morgan fingerprint density at radius 1 is 1.12 bits per heavy atom. The molecule has 0 aromatic carbocycles. The largest absolute Gasteiger partial charge is 0.354 e. The predicted octanol–water partition coefficient (Wildman–Crippen LogP) is 1.60. The van der Waals surface area contributed by atoms with Crippen molar-refractivity contribution in [3.8, 4) is 0 Å². The van der Waals surface area contributed by atoms with Crippen molar-refractivity contribution in [2.45, 2.75) is 58.9 Å². The third-order valence-corrected chi connectivity index (χ3v) is 2.37. The Hall–Kier alpha value is -1.06. The Morgan fingerprint density at radius 3 is 2.25 bits per heavy atom. The lowest BCUT2D eigenvalue weighted by Crippen LogP contribution is -2.54. The van der Waals surface area contributed by atoms with Gasteiger partial charge in [0.2, 0.25) is 11.8 Å². The van der Waals surface area contributed by atoms with E-state index in [9.17, 15) is 9.59 Å². The average molecular weight is 228 g/mol. The van der Waals surface area contributed by atoms with Crippen LogP contribution in [0.2, 0.25) is 0 Å². The number of hydrogen-bond donors (Lipinski definition) is 2. The summed E-state index contributed by atoms with van der Waals surface area (Å²) in [5.74, 6) is -0.315. The maximum Gasteiger partial charge on any atom is 0.245 e. The average Bonchev–Trinajstić information content (AvgIpc) is 2.15. The first-order valence-electron chi connectivity index (χ1n) is 5.97. The highest BCUT2D eigenvalue weighted by Crippen LogP contribution is 2.02. The molecule has 0 aliphatic carbocycles. The number of unbranched alkanes of at least 4 members (excludes halogenated alkanes) is 3. The van der Waals surface area contributed by atoms with Crippen LogP contribution in [0.4, 0.5) is 0 Å². The van der Waals surface area contributed by atoms with E-state index in [0.29, 0.717) is 6.54 Å². The highest BCUT2D eigenvalue weighted by atomic mass is 16.2. The van der Waals surface area contributed by atoms with Crippen LogP contribution in [0.1, 0.15) is 53.4 Å². The molecule has 0 fully saturated rings. The minimum Gasteiger partial charge on any atom is -0.354 e. The molecule has 2 N–H and O–H groups in total. The second-order valence-corrected chi connectivity index (χ2v) is 4.62. The van der Waals surface area contributed by atoms with Gasteiger partial charge in [-0.25, -0.2) is 0 Å². The molecule has 0 spiro atoms. The molecule has 0 heterocycles. The van der Waals surface area contributed by atoms with Crippen molar-refractivity contribution in [1.29, 1.82) is 0 Å². The van der Waals surface area contributed by atoms with Crippen molar-refractivity contribution in [3.63, 3.8) is 0 Å². The number of amides is 2. The maximum absolute atomic E-state index is 11.7. The fraction of sp³-hybridized carbons (Fsp3) is 0.833. The third kappa shape index (κ3) is 6.43. The molecule has 0 saturated carbocycles. The molecule has 0 aliphatic heterocycles. The van der Waals surface area contributed by atoms with Crippen LogP contribution in [-0.2, 0) is 9.59 Å². The van der Waals surface area contributed by atoms with E-state index in [-0.39, 0.29) is 11.8 Å². The van der Waals surface area contributed by atoms with Crippen LogP contribution in [0.3, 0.4) is 0 Å². The van der Waals surface area contributed by atoms with Gasteiger partial charge in [-0.3, -0.25) is 9.59 Å². The summed E-state index contributed by atoms with van der Waals surface area (Å²) in [5, 5.41) is 5.45. The van der Waals surface area contributed by atoms with Crippen molar-refractivity contribution in [2.75, 3.05) is 6.54 Å². The fourth-order valence-corrected chi connectivity index (χ4v) is 1.47. The summed E-state index contributed by atoms with van der Waals surface area (Å²) in [6.45, 7) is 7.65. The van der Waals surface area contributed by atoms with E-state index in [4.69, 9.17) is 0 Å². The molecule has 4 nitrogen and oxygen atoms in total. The molecule has 0 saturated heterocycles. The van der Waals surface area contributed by atoms with Gasteiger partial charge in [0.1, 0.15) is 5.54 Å². The second kappa shape index (κ2) is 7.25. The Bertz CT molecular complexity index is 237. The summed E-state index contributed by atoms with van der Waals surface area (Å²) in [5.41, 5.74) is -0.823. The van der Waals surface area contributed by atoms with Crippen LogP contribution >= 0.6 is 0 Å². The minimum absolute atomic E-state index is 0.126. The zero-order chi connectivity index (χ0) is 12.6. The molecule has 0 atom stereocenters. The van der Waals surface area contributed by atoms with Crippen LogP contribution < -0.4 is 10.6 Å². The molecule has 0 aromatic heterocycles. The van der Waals surface area contributed by atoms with Crippen molar-refractivity contribution in [1.82, 2.24) is 10.6 Å². The quantitative estimate of drug-likeness (QED) is 0.650. The minimum atomic E-state index is -0.823. The van der Waals surface area contributed by atoms with E-state index in [1.54, 1.807) is 13.8 Å². The third-order valence-electron chi connectivity index (χ3n) is 2.37. The molecule has 0 bridgehead atoms. The smallest absolute Gasteiger partial charge is 0.245 e. The van der Waals surface area contributed by atoms with Gasteiger partial charge >= 0.3 is 0 Å². The number of carbonyl (C=O) groups is 2. The Kier molecular flexibility index (Phi) is 6.77. The summed E-state index contributed by atoms with van der Waals surface area (Å²) >= 11 is 0. The molecule has 0 aromatic rings. The molecular formula is C12H24N2O2. The maximum atomic E-state index is 11.7. The monoisotopic (exact) mass is 228 g/mol. The van der Waals surface area contributed by atoms with Gasteiger partial charge in [-0.1, -0.05) is 26.2 Å². The van der Waals surface area contributed by atoms with Crippen molar-refractivity contribution < 1.29 is 9.59 Å². The molecule has 16 heavy (non-hydrogen) atoms. The lowest BCUT2D eigenvalue weighted by molar-refractivity contribution is -0.131. The SMILES string of the molecule is CCCCCCNC(=O)C(C)(C)NC(C)=O. The molecule has 94 valence electrons. The number of carbonyl (C=O) groups excluding carboxylic acids is 2. The highest BCUT2D eigenvalue weighted by molar-refractivity contribution is 5.89. The topological polar surface area (TPSA) is 58.2 Å². The van der Waals surface area contributed by atoms with E-state index in [2.05, 4.69) is 17.6 Å². The van der Waals surface area contributed by atoms with E-state index in [1.165, 1.54) is 19.8 Å². The van der Waals surface area contributed by atoms with Crippen LogP contribution in [0.5, 0.6) is 0 Å². The van der Waals surface area contributed by atoms with Gasteiger partial charge in [-0.05, 0) is 20.3 Å². The highest BCUT2D eigenvalue weighted by Gasteiger charge is 2.27. The Morgan fingerprint density at radius 2 is 1.75 bits per heavy atom. The van der Waals surface area contributed by atoms with Gasteiger partial charge in [0.15, 0.2) is 0 Å². The van der Waals surface area contributed by atoms with Crippen LogP contribution in [0, 0.1) is 0 Å². The summed E-state index contributed by atoms with van der Waals surface area (Å²) in [7, 11) is 0. The van der Waals surface area contributed by atoms with E-state index in [0.717, 1.165) is 12.8 Å². The van der Waals surface area contributed by atoms with Gasteiger partial charge in [-0.15, -0.1) is 0 Å². The Balaban J connectivity index is 3.82. The summed E-state index contributed by atoms with van der Waals surface area (Å²) in [6.07, 6.45) is 4.52. The Labute approximate surface area is 98.2 Å². The second-order valence-electron chi connectivity index (χ2n) is 4.62. The lowest BCUT2D eigenvalue weighted by Gasteiger charge is -2.24.